The molecule has 0 aliphatic rings. The van der Waals surface area contributed by atoms with Gasteiger partial charge in [0.25, 0.3) is 15.7 Å². The Morgan fingerprint density at radius 1 is 1.18 bits per heavy atom. The molecule has 38 heavy (non-hydrogen) atoms. The van der Waals surface area contributed by atoms with Crippen molar-refractivity contribution in [2.24, 2.45) is 0 Å². The Balaban J connectivity index is 1.74. The smallest absolute Gasteiger partial charge is 0.273 e. The van der Waals surface area contributed by atoms with Crippen LogP contribution in [0.2, 0.25) is 5.02 Å². The lowest BCUT2D eigenvalue weighted by atomic mass is 10.2. The van der Waals surface area contributed by atoms with Crippen LogP contribution in [0.25, 0.3) is 0 Å². The number of nitro groups is 1. The molecule has 202 valence electrons. The lowest BCUT2D eigenvalue weighted by Crippen LogP contribution is -2.41. The molecular formula is C25H25ClFN3O6S2. The number of nitrogens with one attached hydrogen (secondary N) is 1. The number of thioether (sulfide) groups is 1. The van der Waals surface area contributed by atoms with Crippen LogP contribution in [-0.4, -0.2) is 45.2 Å². The molecule has 0 aliphatic carbocycles. The Morgan fingerprint density at radius 2 is 1.89 bits per heavy atom. The van der Waals surface area contributed by atoms with E-state index in [-0.39, 0.29) is 22.8 Å². The average molecular weight is 582 g/mol. The molecule has 0 spiro atoms. The normalized spacial score (nSPS) is 11.2. The fourth-order valence-electron chi connectivity index (χ4n) is 3.43. The van der Waals surface area contributed by atoms with Crippen LogP contribution in [0.1, 0.15) is 11.1 Å². The van der Waals surface area contributed by atoms with Crippen molar-refractivity contribution in [3.8, 4) is 5.75 Å². The number of benzene rings is 3. The minimum atomic E-state index is -4.36. The van der Waals surface area contributed by atoms with Gasteiger partial charge in [-0.3, -0.25) is 19.2 Å². The quantitative estimate of drug-likeness (QED) is 0.183. The second-order valence-electron chi connectivity index (χ2n) is 8.02. The number of anilines is 1. The van der Waals surface area contributed by atoms with Crippen LogP contribution in [0.4, 0.5) is 15.8 Å². The summed E-state index contributed by atoms with van der Waals surface area (Å²) in [5, 5.41) is 14.4. The lowest BCUT2D eigenvalue weighted by molar-refractivity contribution is -0.385. The van der Waals surface area contributed by atoms with E-state index in [1.165, 1.54) is 74.3 Å². The highest BCUT2D eigenvalue weighted by Crippen LogP contribution is 2.29. The van der Waals surface area contributed by atoms with Gasteiger partial charge in [0.2, 0.25) is 5.91 Å². The Bertz CT molecular complexity index is 1400. The Labute approximate surface area is 229 Å². The maximum absolute atomic E-state index is 13.9. The summed E-state index contributed by atoms with van der Waals surface area (Å²) in [6.07, 6.45) is 0. The van der Waals surface area contributed by atoms with E-state index in [4.69, 9.17) is 16.3 Å². The van der Waals surface area contributed by atoms with Crippen molar-refractivity contribution in [2.45, 2.75) is 17.6 Å². The zero-order chi connectivity index (χ0) is 27.9. The van der Waals surface area contributed by atoms with E-state index in [1.54, 1.807) is 6.07 Å². The van der Waals surface area contributed by atoms with Crippen LogP contribution in [0, 0.1) is 22.9 Å². The Hall–Kier alpha value is -3.35. The number of methoxy groups -OCH3 is 1. The molecule has 0 aromatic heterocycles. The van der Waals surface area contributed by atoms with Gasteiger partial charge in [-0.2, -0.15) is 11.8 Å². The average Bonchev–Trinajstić information content (AvgIpc) is 2.88. The van der Waals surface area contributed by atoms with E-state index in [0.29, 0.717) is 33.4 Å². The summed E-state index contributed by atoms with van der Waals surface area (Å²) in [6.45, 7) is 1.13. The third-order valence-corrected chi connectivity index (χ3v) is 8.60. The van der Waals surface area contributed by atoms with Crippen LogP contribution < -0.4 is 14.4 Å². The number of nitrogens with zero attached hydrogens (tertiary/aromatic N) is 2. The van der Waals surface area contributed by atoms with Gasteiger partial charge in [0.1, 0.15) is 18.1 Å². The number of amides is 1. The fraction of sp³-hybridized carbons (Fsp3) is 0.240. The highest BCUT2D eigenvalue weighted by Gasteiger charge is 2.29. The van der Waals surface area contributed by atoms with Gasteiger partial charge < -0.3 is 10.1 Å². The van der Waals surface area contributed by atoms with Gasteiger partial charge in [-0.15, -0.1) is 0 Å². The monoisotopic (exact) mass is 581 g/mol. The molecule has 0 atom stereocenters. The van der Waals surface area contributed by atoms with Gasteiger partial charge in [0.05, 0.1) is 22.6 Å². The number of hydrogen-bond acceptors (Lipinski definition) is 7. The molecule has 1 amide bonds. The van der Waals surface area contributed by atoms with Crippen LogP contribution in [0.3, 0.4) is 0 Å². The molecule has 0 bridgehead atoms. The van der Waals surface area contributed by atoms with Crippen molar-refractivity contribution in [2.75, 3.05) is 30.3 Å². The molecule has 0 unspecified atom stereocenters. The number of carbonyl (C=O) groups excluding carboxylic acids is 1. The molecule has 0 saturated carbocycles. The van der Waals surface area contributed by atoms with Crippen molar-refractivity contribution in [1.82, 2.24) is 5.32 Å². The number of nitro benzene ring substituents is 1. The molecule has 0 heterocycles. The standard InChI is InChI=1S/C25H25ClFN3O6S2/c1-17-6-11-20(14-24(17)30(32)33)38(34,35)29(18-7-9-19(36-2)10-8-18)15-25(31)28-12-13-37-16-21-22(26)4-3-5-23(21)27/h3-11,14H,12-13,15-16H2,1-2H3,(H,28,31). The van der Waals surface area contributed by atoms with Crippen molar-refractivity contribution in [3.05, 3.63) is 92.7 Å². The summed E-state index contributed by atoms with van der Waals surface area (Å²) in [5.41, 5.74) is 0.497. The molecule has 13 heteroatoms. The first-order valence-electron chi connectivity index (χ1n) is 11.2. The molecule has 3 aromatic rings. The number of sulfonamides is 1. The predicted molar refractivity (Wildman–Crippen MR) is 146 cm³/mol. The van der Waals surface area contributed by atoms with Crippen LogP contribution >= 0.6 is 23.4 Å². The zero-order valence-corrected chi connectivity index (χ0v) is 22.9. The maximum Gasteiger partial charge on any atom is 0.273 e. The SMILES string of the molecule is COc1ccc(N(CC(=O)NCCSCc2c(F)cccc2Cl)S(=O)(=O)c2ccc(C)c([N+](=O)[O-])c2)cc1. The van der Waals surface area contributed by atoms with Gasteiger partial charge >= 0.3 is 0 Å². The summed E-state index contributed by atoms with van der Waals surface area (Å²) in [4.78, 5) is 23.2. The van der Waals surface area contributed by atoms with Gasteiger partial charge in [0.15, 0.2) is 0 Å². The summed E-state index contributed by atoms with van der Waals surface area (Å²) in [7, 11) is -2.90. The number of ether oxygens (including phenoxy) is 1. The van der Waals surface area contributed by atoms with Gasteiger partial charge in [-0.05, 0) is 49.4 Å². The molecule has 9 nitrogen and oxygen atoms in total. The Kier molecular flexibility index (Phi) is 9.95. The molecule has 0 radical (unpaired) electrons. The number of rotatable bonds is 12. The minimum Gasteiger partial charge on any atom is -0.497 e. The number of halogens is 2. The van der Waals surface area contributed by atoms with E-state index in [1.807, 2.05) is 0 Å². The Morgan fingerprint density at radius 3 is 2.53 bits per heavy atom. The number of carbonyl (C=O) groups is 1. The fourth-order valence-corrected chi connectivity index (χ4v) is 6.07. The highest BCUT2D eigenvalue weighted by molar-refractivity contribution is 7.98. The molecule has 0 fully saturated rings. The lowest BCUT2D eigenvalue weighted by Gasteiger charge is -2.24. The van der Waals surface area contributed by atoms with Crippen LogP contribution in [0.5, 0.6) is 5.75 Å². The molecule has 3 rings (SSSR count). The largest absolute Gasteiger partial charge is 0.497 e. The molecule has 3 aromatic carbocycles. The number of hydrogen-bond donors (Lipinski definition) is 1. The second-order valence-corrected chi connectivity index (χ2v) is 11.4. The first-order valence-corrected chi connectivity index (χ1v) is 14.2. The molecule has 0 saturated heterocycles. The summed E-state index contributed by atoms with van der Waals surface area (Å²) in [5.74, 6) is 0.213. The van der Waals surface area contributed by atoms with Crippen molar-refractivity contribution in [1.29, 1.82) is 0 Å². The van der Waals surface area contributed by atoms with Crippen molar-refractivity contribution in [3.63, 3.8) is 0 Å². The molecule has 0 aliphatic heterocycles. The van der Waals surface area contributed by atoms with E-state index < -0.39 is 33.2 Å². The summed E-state index contributed by atoms with van der Waals surface area (Å²) >= 11 is 7.38. The summed E-state index contributed by atoms with van der Waals surface area (Å²) in [6, 6.07) is 14.0. The first kappa shape index (κ1) is 29.2. The van der Waals surface area contributed by atoms with E-state index in [0.717, 1.165) is 10.4 Å². The molecule has 1 N–H and O–H groups in total. The van der Waals surface area contributed by atoms with Crippen LogP contribution in [-0.2, 0) is 20.6 Å². The topological polar surface area (TPSA) is 119 Å². The first-order chi connectivity index (χ1) is 18.0. The van der Waals surface area contributed by atoms with E-state index in [9.17, 15) is 27.7 Å². The third-order valence-electron chi connectivity index (χ3n) is 5.49. The maximum atomic E-state index is 13.9. The van der Waals surface area contributed by atoms with Crippen LogP contribution in [0.15, 0.2) is 65.6 Å². The minimum absolute atomic E-state index is 0.174. The summed E-state index contributed by atoms with van der Waals surface area (Å²) < 4.78 is 47.0. The predicted octanol–water partition coefficient (Wildman–Crippen LogP) is 4.95. The van der Waals surface area contributed by atoms with Gasteiger partial charge in [0, 0.05) is 40.3 Å². The zero-order valence-electron chi connectivity index (χ0n) is 20.5. The van der Waals surface area contributed by atoms with Gasteiger partial charge in [-0.1, -0.05) is 23.7 Å². The van der Waals surface area contributed by atoms with Gasteiger partial charge in [-0.25, -0.2) is 12.8 Å². The number of aryl methyl sites for hydroxylation is 1. The second kappa shape index (κ2) is 12.9. The van der Waals surface area contributed by atoms with Crippen molar-refractivity contribution < 1.29 is 27.3 Å². The highest BCUT2D eigenvalue weighted by atomic mass is 35.5. The third kappa shape index (κ3) is 7.15. The molecular weight excluding hydrogens is 557 g/mol. The van der Waals surface area contributed by atoms with E-state index >= 15 is 0 Å². The van der Waals surface area contributed by atoms with Crippen molar-refractivity contribution >= 4 is 50.7 Å². The van der Waals surface area contributed by atoms with E-state index in [2.05, 4.69) is 5.32 Å².